The van der Waals surface area contributed by atoms with Crippen molar-refractivity contribution in [3.05, 3.63) is 35.1 Å². The zero-order valence-corrected chi connectivity index (χ0v) is 27.1. The van der Waals surface area contributed by atoms with E-state index in [1.54, 1.807) is 52.2 Å². The zero-order valence-electron chi connectivity index (χ0n) is 23.7. The maximum absolute atomic E-state index is 14.1. The highest BCUT2D eigenvalue weighted by molar-refractivity contribution is 9.10. The van der Waals surface area contributed by atoms with Gasteiger partial charge >= 0.3 is 6.09 Å². The molecule has 0 bridgehead atoms. The average Bonchev–Trinajstić information content (AvgIpc) is 2.75. The van der Waals surface area contributed by atoms with Crippen molar-refractivity contribution in [1.29, 1.82) is 0 Å². The first kappa shape index (κ1) is 31.7. The van der Waals surface area contributed by atoms with Crippen molar-refractivity contribution < 1.29 is 22.4 Å². The number of ether oxygens (including phenoxy) is 1. The third-order valence-corrected chi connectivity index (χ3v) is 14.1. The summed E-state index contributed by atoms with van der Waals surface area (Å²) in [4.78, 5) is 19.0. The molecule has 208 valence electrons. The fraction of sp³-hybridized carbons (Fsp3) is 0.630. The zero-order chi connectivity index (χ0) is 28.2. The molecule has 0 saturated carbocycles. The molecule has 1 heterocycles. The molecule has 10 heteroatoms. The second-order valence-electron chi connectivity index (χ2n) is 11.9. The molecular weight excluding hydrogens is 572 g/mol. The van der Waals surface area contributed by atoms with Crippen molar-refractivity contribution in [3.8, 4) is 0 Å². The minimum absolute atomic E-state index is 0.110. The molecule has 0 radical (unpaired) electrons. The van der Waals surface area contributed by atoms with Gasteiger partial charge in [0.1, 0.15) is 11.0 Å². The molecule has 0 fully saturated rings. The molecule has 0 aliphatic heterocycles. The van der Waals surface area contributed by atoms with E-state index in [9.17, 15) is 13.2 Å². The Morgan fingerprint density at radius 3 is 2.32 bits per heavy atom. The van der Waals surface area contributed by atoms with E-state index in [2.05, 4.69) is 54.8 Å². The molecule has 0 saturated heterocycles. The van der Waals surface area contributed by atoms with Crippen LogP contribution < -0.4 is 0 Å². The van der Waals surface area contributed by atoms with Gasteiger partial charge in [0.15, 0.2) is 18.2 Å². The number of fused-ring (bicyclic) bond motifs is 1. The molecular formula is C27H43BrN2O5SSi. The van der Waals surface area contributed by atoms with E-state index in [1.165, 1.54) is 4.90 Å². The van der Waals surface area contributed by atoms with Crippen LogP contribution >= 0.6 is 15.9 Å². The van der Waals surface area contributed by atoms with Gasteiger partial charge in [-0.15, -0.1) is 0 Å². The minimum Gasteiger partial charge on any atom is -0.444 e. The summed E-state index contributed by atoms with van der Waals surface area (Å²) >= 11 is 3.46. The lowest BCUT2D eigenvalue weighted by Gasteiger charge is -2.36. The first-order chi connectivity index (χ1) is 16.9. The number of unbranched alkanes of at least 4 members (excludes halogenated alkanes) is 1. The molecule has 1 atom stereocenters. The van der Waals surface area contributed by atoms with Gasteiger partial charge in [-0.25, -0.2) is 13.2 Å². The quantitative estimate of drug-likeness (QED) is 0.203. The number of hydrogen-bond donors (Lipinski definition) is 0. The van der Waals surface area contributed by atoms with E-state index < -0.39 is 35.2 Å². The van der Waals surface area contributed by atoms with Crippen LogP contribution in [0.2, 0.25) is 18.1 Å². The molecule has 0 N–H and O–H groups in total. The summed E-state index contributed by atoms with van der Waals surface area (Å²) in [5.74, 6) is 0. The third kappa shape index (κ3) is 8.00. The lowest BCUT2D eigenvalue weighted by molar-refractivity contribution is 0.0213. The van der Waals surface area contributed by atoms with Gasteiger partial charge in [-0.3, -0.25) is 9.88 Å². The number of halogens is 1. The molecule has 2 aromatic rings. The molecule has 2 rings (SSSR count). The Hall–Kier alpha value is -1.49. The molecule has 37 heavy (non-hydrogen) atoms. The average molecular weight is 616 g/mol. The summed E-state index contributed by atoms with van der Waals surface area (Å²) in [5.41, 5.74) is -0.753. The van der Waals surface area contributed by atoms with Gasteiger partial charge in [0.25, 0.3) is 0 Å². The Kier molecular flexibility index (Phi) is 10.4. The highest BCUT2D eigenvalue weighted by Gasteiger charge is 2.38. The summed E-state index contributed by atoms with van der Waals surface area (Å²) < 4.78 is 40.6. The number of benzene rings is 1. The molecule has 0 aliphatic carbocycles. The van der Waals surface area contributed by atoms with Crippen LogP contribution in [0.25, 0.3) is 10.8 Å². The Labute approximate surface area is 232 Å². The van der Waals surface area contributed by atoms with E-state index >= 15 is 0 Å². The number of carbonyl (C=O) groups excluding carboxylic acids is 1. The SMILES string of the molecule is CC[C@@H](N(CCCCO[Si](C)(C)C(C)(C)C)C(=O)OC(C)(C)C)S(=O)(=O)c1cccc2cncc(Br)c12. The van der Waals surface area contributed by atoms with Gasteiger partial charge in [0, 0.05) is 40.8 Å². The predicted octanol–water partition coefficient (Wildman–Crippen LogP) is 7.55. The van der Waals surface area contributed by atoms with Crippen molar-refractivity contribution in [1.82, 2.24) is 9.88 Å². The Balaban J connectivity index is 2.35. The normalized spacial score (nSPS) is 14.0. The number of sulfone groups is 1. The summed E-state index contributed by atoms with van der Waals surface area (Å²) in [6.07, 6.45) is 4.12. The van der Waals surface area contributed by atoms with E-state index in [-0.39, 0.29) is 22.9 Å². The molecule has 1 amide bonds. The smallest absolute Gasteiger partial charge is 0.411 e. The van der Waals surface area contributed by atoms with E-state index in [1.807, 2.05) is 6.07 Å². The lowest BCUT2D eigenvalue weighted by atomic mass is 10.2. The van der Waals surface area contributed by atoms with Crippen molar-refractivity contribution in [2.45, 2.75) is 102 Å². The summed E-state index contributed by atoms with van der Waals surface area (Å²) in [5, 5.41) is 0.299. The molecule has 0 aliphatic rings. The molecule has 0 spiro atoms. The number of hydrogen-bond acceptors (Lipinski definition) is 6. The van der Waals surface area contributed by atoms with E-state index in [0.717, 1.165) is 0 Å². The first-order valence-electron chi connectivity index (χ1n) is 12.8. The highest BCUT2D eigenvalue weighted by atomic mass is 79.9. The van der Waals surface area contributed by atoms with Gasteiger partial charge in [0.05, 0.1) is 4.90 Å². The summed E-state index contributed by atoms with van der Waals surface area (Å²) in [7, 11) is -5.82. The van der Waals surface area contributed by atoms with Crippen LogP contribution in [-0.4, -0.2) is 56.8 Å². The van der Waals surface area contributed by atoms with Gasteiger partial charge in [-0.05, 0) is 80.2 Å². The predicted molar refractivity (Wildman–Crippen MR) is 156 cm³/mol. The summed E-state index contributed by atoms with van der Waals surface area (Å²) in [6.45, 7) is 18.9. The molecule has 1 aromatic carbocycles. The van der Waals surface area contributed by atoms with Crippen molar-refractivity contribution in [2.75, 3.05) is 13.2 Å². The van der Waals surface area contributed by atoms with E-state index in [4.69, 9.17) is 9.16 Å². The van der Waals surface area contributed by atoms with Crippen molar-refractivity contribution in [3.63, 3.8) is 0 Å². The standard InChI is InChI=1S/C27H43BrN2O5SSi/c1-10-23(36(32,33)22-15-13-14-20-18-29-19-21(28)24(20)22)30(25(31)35-26(2,3)4)16-11-12-17-34-37(8,9)27(5,6)7/h13-15,18-19,23H,10-12,16-17H2,1-9H3/t23-/m0/s1. The van der Waals surface area contributed by atoms with Crippen LogP contribution in [0.4, 0.5) is 4.79 Å². The second-order valence-corrected chi connectivity index (χ2v) is 19.6. The number of pyridine rings is 1. The van der Waals surface area contributed by atoms with Gasteiger partial charge < -0.3 is 9.16 Å². The van der Waals surface area contributed by atoms with E-state index in [0.29, 0.717) is 34.7 Å². The summed E-state index contributed by atoms with van der Waals surface area (Å²) in [6, 6.07) is 5.11. The minimum atomic E-state index is -3.94. The van der Waals surface area contributed by atoms with Gasteiger partial charge in [0.2, 0.25) is 0 Å². The van der Waals surface area contributed by atoms with Crippen molar-refractivity contribution >= 4 is 51.0 Å². The monoisotopic (exact) mass is 614 g/mol. The molecule has 0 unspecified atom stereocenters. The van der Waals surface area contributed by atoms with Crippen LogP contribution in [0.3, 0.4) is 0 Å². The van der Waals surface area contributed by atoms with Gasteiger partial charge in [-0.1, -0.05) is 39.8 Å². The number of carbonyl (C=O) groups is 1. The topological polar surface area (TPSA) is 85.8 Å². The number of nitrogens with zero attached hydrogens (tertiary/aromatic N) is 2. The first-order valence-corrected chi connectivity index (χ1v) is 18.1. The van der Waals surface area contributed by atoms with Crippen molar-refractivity contribution in [2.24, 2.45) is 0 Å². The van der Waals surface area contributed by atoms with Gasteiger partial charge in [-0.2, -0.15) is 0 Å². The maximum atomic E-state index is 14.1. The number of rotatable bonds is 10. The van der Waals surface area contributed by atoms with Crippen LogP contribution in [0.15, 0.2) is 40.0 Å². The second kappa shape index (κ2) is 12.1. The Morgan fingerprint density at radius 1 is 1.11 bits per heavy atom. The lowest BCUT2D eigenvalue weighted by Crippen LogP contribution is -2.47. The van der Waals surface area contributed by atoms with Crippen LogP contribution in [0.1, 0.15) is 67.7 Å². The van der Waals surface area contributed by atoms with Crippen LogP contribution in [0, 0.1) is 0 Å². The number of amides is 1. The fourth-order valence-electron chi connectivity index (χ4n) is 3.75. The largest absolute Gasteiger partial charge is 0.444 e. The Morgan fingerprint density at radius 2 is 1.76 bits per heavy atom. The maximum Gasteiger partial charge on any atom is 0.411 e. The van der Waals surface area contributed by atoms with Crippen LogP contribution in [0.5, 0.6) is 0 Å². The fourth-order valence-corrected chi connectivity index (χ4v) is 7.57. The third-order valence-electron chi connectivity index (χ3n) is 6.75. The Bertz CT molecular complexity index is 1180. The molecule has 1 aromatic heterocycles. The highest BCUT2D eigenvalue weighted by Crippen LogP contribution is 2.37. The molecule has 7 nitrogen and oxygen atoms in total. The van der Waals surface area contributed by atoms with Crippen LogP contribution in [-0.2, 0) is 19.0 Å². The number of aromatic nitrogens is 1.